The highest BCUT2D eigenvalue weighted by Crippen LogP contribution is 2.16. The monoisotopic (exact) mass is 292 g/mol. The van der Waals surface area contributed by atoms with Crippen molar-refractivity contribution in [3.8, 4) is 0 Å². The molecule has 1 aromatic carbocycles. The van der Waals surface area contributed by atoms with Gasteiger partial charge in [0.25, 0.3) is 5.91 Å². The zero-order chi connectivity index (χ0) is 15.1. The molecule has 0 bridgehead atoms. The van der Waals surface area contributed by atoms with Crippen molar-refractivity contribution in [3.05, 3.63) is 35.1 Å². The van der Waals surface area contributed by atoms with Crippen LogP contribution in [0.25, 0.3) is 0 Å². The van der Waals surface area contributed by atoms with Gasteiger partial charge in [0, 0.05) is 24.7 Å². The van der Waals surface area contributed by atoms with Crippen LogP contribution in [-0.4, -0.2) is 25.0 Å². The summed E-state index contributed by atoms with van der Waals surface area (Å²) < 4.78 is 13.2. The van der Waals surface area contributed by atoms with E-state index >= 15 is 0 Å². The summed E-state index contributed by atoms with van der Waals surface area (Å²) in [6, 6.07) is 5.05. The third-order valence-electron chi connectivity index (χ3n) is 4.12. The molecule has 1 fully saturated rings. The first-order chi connectivity index (χ1) is 10.2. The maximum atomic E-state index is 13.2. The van der Waals surface area contributed by atoms with E-state index in [0.717, 1.165) is 6.54 Å². The minimum atomic E-state index is -0.276. The maximum absolute atomic E-state index is 13.2. The predicted molar refractivity (Wildman–Crippen MR) is 83.0 cm³/mol. The highest BCUT2D eigenvalue weighted by molar-refractivity contribution is 5.94. The molecule has 4 heteroatoms. The molecule has 0 atom stereocenters. The van der Waals surface area contributed by atoms with Crippen LogP contribution < -0.4 is 10.6 Å². The van der Waals surface area contributed by atoms with E-state index in [4.69, 9.17) is 0 Å². The van der Waals surface area contributed by atoms with Crippen LogP contribution in [0, 0.1) is 12.7 Å². The van der Waals surface area contributed by atoms with Crippen molar-refractivity contribution < 1.29 is 9.18 Å². The molecule has 2 N–H and O–H groups in total. The van der Waals surface area contributed by atoms with E-state index < -0.39 is 0 Å². The third kappa shape index (κ3) is 5.12. The van der Waals surface area contributed by atoms with Gasteiger partial charge in [0.2, 0.25) is 0 Å². The van der Waals surface area contributed by atoms with Crippen molar-refractivity contribution in [2.75, 3.05) is 13.1 Å². The fourth-order valence-corrected chi connectivity index (χ4v) is 2.82. The minimum Gasteiger partial charge on any atom is -0.351 e. The molecule has 1 aromatic rings. The van der Waals surface area contributed by atoms with Gasteiger partial charge in [-0.05, 0) is 43.5 Å². The Morgan fingerprint density at radius 2 is 1.90 bits per heavy atom. The number of benzene rings is 1. The molecule has 0 saturated heterocycles. The fourth-order valence-electron chi connectivity index (χ4n) is 2.82. The van der Waals surface area contributed by atoms with Crippen molar-refractivity contribution in [2.24, 2.45) is 0 Å². The Kier molecular flexibility index (Phi) is 6.18. The van der Waals surface area contributed by atoms with Crippen LogP contribution in [0.15, 0.2) is 18.2 Å². The van der Waals surface area contributed by atoms with E-state index in [9.17, 15) is 9.18 Å². The Morgan fingerprint density at radius 3 is 2.57 bits per heavy atom. The van der Waals surface area contributed by atoms with E-state index in [2.05, 4.69) is 10.6 Å². The number of carbonyl (C=O) groups is 1. The van der Waals surface area contributed by atoms with E-state index in [1.54, 1.807) is 13.0 Å². The molecule has 0 spiro atoms. The molecule has 0 radical (unpaired) electrons. The molecular weight excluding hydrogens is 267 g/mol. The number of halogens is 1. The molecule has 3 nitrogen and oxygen atoms in total. The summed E-state index contributed by atoms with van der Waals surface area (Å²) in [5, 5.41) is 6.39. The second-order valence-electron chi connectivity index (χ2n) is 5.86. The van der Waals surface area contributed by atoms with Gasteiger partial charge in [0.15, 0.2) is 0 Å². The Balaban J connectivity index is 1.70. The predicted octanol–water partition coefficient (Wildman–Crippen LogP) is 3.18. The largest absolute Gasteiger partial charge is 0.351 e. The minimum absolute atomic E-state index is 0.138. The molecule has 2 rings (SSSR count). The zero-order valence-electron chi connectivity index (χ0n) is 12.8. The number of carbonyl (C=O) groups excluding carboxylic acids is 1. The lowest BCUT2D eigenvalue weighted by molar-refractivity contribution is 0.0953. The number of aryl methyl sites for hydroxylation is 1. The quantitative estimate of drug-likeness (QED) is 0.646. The van der Waals surface area contributed by atoms with Crippen LogP contribution in [0.4, 0.5) is 4.39 Å². The number of rotatable bonds is 5. The summed E-state index contributed by atoms with van der Waals surface area (Å²) in [5.41, 5.74) is 1.02. The first-order valence-electron chi connectivity index (χ1n) is 7.94. The average Bonchev–Trinajstić information content (AvgIpc) is 2.75. The van der Waals surface area contributed by atoms with E-state index in [1.807, 2.05) is 0 Å². The molecule has 1 saturated carbocycles. The lowest BCUT2D eigenvalue weighted by Crippen LogP contribution is -2.36. The van der Waals surface area contributed by atoms with Crippen molar-refractivity contribution in [2.45, 2.75) is 51.5 Å². The second kappa shape index (κ2) is 8.13. The molecule has 21 heavy (non-hydrogen) atoms. The summed E-state index contributed by atoms with van der Waals surface area (Å²) in [5.74, 6) is -0.414. The van der Waals surface area contributed by atoms with Gasteiger partial charge in [-0.3, -0.25) is 4.79 Å². The Hall–Kier alpha value is -1.42. The van der Waals surface area contributed by atoms with Crippen LogP contribution in [0.5, 0.6) is 0 Å². The molecule has 0 aromatic heterocycles. The lowest BCUT2D eigenvalue weighted by atomic mass is 10.1. The van der Waals surface area contributed by atoms with Gasteiger partial charge in [-0.15, -0.1) is 0 Å². The molecule has 0 unspecified atom stereocenters. The smallest absolute Gasteiger partial charge is 0.251 e. The highest BCUT2D eigenvalue weighted by Gasteiger charge is 2.11. The SMILES string of the molecule is Cc1cc(C(=O)NCCNC2CCCCCC2)ccc1F. The average molecular weight is 292 g/mol. The van der Waals surface area contributed by atoms with Gasteiger partial charge in [-0.25, -0.2) is 4.39 Å². The second-order valence-corrected chi connectivity index (χ2v) is 5.86. The fraction of sp³-hybridized carbons (Fsp3) is 0.588. The first kappa shape index (κ1) is 16.0. The van der Waals surface area contributed by atoms with Crippen molar-refractivity contribution in [3.63, 3.8) is 0 Å². The van der Waals surface area contributed by atoms with Crippen LogP contribution in [0.1, 0.15) is 54.4 Å². The topological polar surface area (TPSA) is 41.1 Å². The van der Waals surface area contributed by atoms with E-state index in [1.165, 1.54) is 50.7 Å². The third-order valence-corrected chi connectivity index (χ3v) is 4.12. The van der Waals surface area contributed by atoms with Crippen molar-refractivity contribution >= 4 is 5.91 Å². The van der Waals surface area contributed by atoms with Crippen LogP contribution in [0.3, 0.4) is 0 Å². The van der Waals surface area contributed by atoms with E-state index in [-0.39, 0.29) is 11.7 Å². The Bertz CT molecular complexity index is 468. The van der Waals surface area contributed by atoms with Crippen LogP contribution in [-0.2, 0) is 0 Å². The number of nitrogens with one attached hydrogen (secondary N) is 2. The standard InChI is InChI=1S/C17H25FN2O/c1-13-12-14(8-9-16(13)18)17(21)20-11-10-19-15-6-4-2-3-5-7-15/h8-9,12,15,19H,2-7,10-11H2,1H3,(H,20,21). The first-order valence-corrected chi connectivity index (χ1v) is 7.94. The normalized spacial score (nSPS) is 16.5. The summed E-state index contributed by atoms with van der Waals surface area (Å²) in [7, 11) is 0. The molecular formula is C17H25FN2O. The molecule has 116 valence electrons. The molecule has 1 amide bonds. The summed E-state index contributed by atoms with van der Waals surface area (Å²) in [6.45, 7) is 3.06. The molecule has 0 heterocycles. The van der Waals surface area contributed by atoms with Gasteiger partial charge >= 0.3 is 0 Å². The summed E-state index contributed by atoms with van der Waals surface area (Å²) in [4.78, 5) is 12.0. The van der Waals surface area contributed by atoms with E-state index in [0.29, 0.717) is 23.7 Å². The molecule has 1 aliphatic carbocycles. The maximum Gasteiger partial charge on any atom is 0.251 e. The zero-order valence-corrected chi connectivity index (χ0v) is 12.8. The summed E-state index contributed by atoms with van der Waals surface area (Å²) >= 11 is 0. The van der Waals surface area contributed by atoms with Gasteiger partial charge in [-0.2, -0.15) is 0 Å². The molecule has 1 aliphatic rings. The number of hydrogen-bond donors (Lipinski definition) is 2. The number of hydrogen-bond acceptors (Lipinski definition) is 2. The van der Waals surface area contributed by atoms with Gasteiger partial charge in [-0.1, -0.05) is 25.7 Å². The van der Waals surface area contributed by atoms with Crippen LogP contribution >= 0.6 is 0 Å². The number of amides is 1. The highest BCUT2D eigenvalue weighted by atomic mass is 19.1. The van der Waals surface area contributed by atoms with Gasteiger partial charge in [0.05, 0.1) is 0 Å². The van der Waals surface area contributed by atoms with Crippen molar-refractivity contribution in [1.29, 1.82) is 0 Å². The Morgan fingerprint density at radius 1 is 1.19 bits per heavy atom. The van der Waals surface area contributed by atoms with Crippen molar-refractivity contribution in [1.82, 2.24) is 10.6 Å². The van der Waals surface area contributed by atoms with Gasteiger partial charge < -0.3 is 10.6 Å². The lowest BCUT2D eigenvalue weighted by Gasteiger charge is -2.16. The molecule has 0 aliphatic heterocycles. The summed E-state index contributed by atoms with van der Waals surface area (Å²) in [6.07, 6.45) is 7.78. The Labute approximate surface area is 126 Å². The van der Waals surface area contributed by atoms with Crippen LogP contribution in [0.2, 0.25) is 0 Å². The van der Waals surface area contributed by atoms with Gasteiger partial charge in [0.1, 0.15) is 5.82 Å².